The maximum absolute atomic E-state index is 11.4. The fraction of sp³-hybridized carbons (Fsp3) is 0.462. The molecule has 2 rings (SSSR count). The lowest BCUT2D eigenvalue weighted by Crippen LogP contribution is -2.04. The highest BCUT2D eigenvalue weighted by molar-refractivity contribution is 5.77. The summed E-state index contributed by atoms with van der Waals surface area (Å²) >= 11 is 0. The number of carbonyl (C=O) groups excluding carboxylic acids is 1. The van der Waals surface area contributed by atoms with Crippen LogP contribution in [-0.2, 0) is 9.53 Å². The lowest BCUT2D eigenvalue weighted by molar-refractivity contribution is -0.142. The lowest BCUT2D eigenvalue weighted by Gasteiger charge is -2.09. The maximum Gasteiger partial charge on any atom is 0.309 e. The summed E-state index contributed by atoms with van der Waals surface area (Å²) < 4.78 is 15.1. The van der Waals surface area contributed by atoms with Gasteiger partial charge in [0.05, 0.1) is 27.2 Å². The Morgan fingerprint density at radius 1 is 1.18 bits per heavy atom. The molecule has 0 bridgehead atoms. The van der Waals surface area contributed by atoms with E-state index in [0.29, 0.717) is 11.5 Å². The summed E-state index contributed by atoms with van der Waals surface area (Å²) in [6.45, 7) is 0. The van der Waals surface area contributed by atoms with E-state index < -0.39 is 0 Å². The average Bonchev–Trinajstić information content (AvgIpc) is 3.17. The van der Waals surface area contributed by atoms with Crippen LogP contribution in [0.1, 0.15) is 17.9 Å². The molecule has 0 aromatic heterocycles. The second-order valence-electron chi connectivity index (χ2n) is 4.09. The molecule has 0 N–H and O–H groups in total. The van der Waals surface area contributed by atoms with E-state index in [9.17, 15) is 4.79 Å². The molecule has 1 aliphatic rings. The van der Waals surface area contributed by atoms with Crippen LogP contribution in [0.25, 0.3) is 0 Å². The van der Waals surface area contributed by atoms with Crippen molar-refractivity contribution in [2.75, 3.05) is 21.3 Å². The Morgan fingerprint density at radius 2 is 1.88 bits per heavy atom. The molecule has 0 aliphatic heterocycles. The van der Waals surface area contributed by atoms with Crippen LogP contribution in [0.4, 0.5) is 0 Å². The van der Waals surface area contributed by atoms with Gasteiger partial charge in [-0.05, 0) is 30.0 Å². The van der Waals surface area contributed by atoms with E-state index in [0.717, 1.165) is 12.0 Å². The molecule has 1 fully saturated rings. The Bertz CT molecular complexity index is 427. The van der Waals surface area contributed by atoms with Gasteiger partial charge in [-0.1, -0.05) is 6.07 Å². The summed E-state index contributed by atoms with van der Waals surface area (Å²) in [6.07, 6.45) is 0.849. The Labute approximate surface area is 100 Å². The fourth-order valence-corrected chi connectivity index (χ4v) is 2.06. The lowest BCUT2D eigenvalue weighted by atomic mass is 10.1. The maximum atomic E-state index is 11.4. The first kappa shape index (κ1) is 11.8. The number of hydrogen-bond donors (Lipinski definition) is 0. The summed E-state index contributed by atoms with van der Waals surface area (Å²) in [7, 11) is 4.63. The van der Waals surface area contributed by atoms with Crippen molar-refractivity contribution in [3.63, 3.8) is 0 Å². The highest BCUT2D eigenvalue weighted by Gasteiger charge is 2.45. The molecule has 4 heteroatoms. The molecule has 1 saturated carbocycles. The summed E-state index contributed by atoms with van der Waals surface area (Å²) in [4.78, 5) is 11.4. The van der Waals surface area contributed by atoms with E-state index >= 15 is 0 Å². The molecule has 0 unspecified atom stereocenters. The molecule has 1 aromatic carbocycles. The Kier molecular flexibility index (Phi) is 3.22. The fourth-order valence-electron chi connectivity index (χ4n) is 2.06. The highest BCUT2D eigenvalue weighted by atomic mass is 16.5. The van der Waals surface area contributed by atoms with Crippen molar-refractivity contribution >= 4 is 5.97 Å². The average molecular weight is 236 g/mol. The Hall–Kier alpha value is -1.71. The number of benzene rings is 1. The molecule has 0 heterocycles. The van der Waals surface area contributed by atoms with E-state index in [1.54, 1.807) is 14.2 Å². The number of esters is 1. The van der Waals surface area contributed by atoms with Gasteiger partial charge in [-0.25, -0.2) is 0 Å². The number of ether oxygens (including phenoxy) is 3. The van der Waals surface area contributed by atoms with Gasteiger partial charge in [-0.15, -0.1) is 0 Å². The van der Waals surface area contributed by atoms with Gasteiger partial charge in [0, 0.05) is 0 Å². The SMILES string of the molecule is COC(=O)[C@H]1C[C@@H]1c1ccc(OC)c(OC)c1. The van der Waals surface area contributed by atoms with Crippen LogP contribution in [-0.4, -0.2) is 27.3 Å². The van der Waals surface area contributed by atoms with Crippen LogP contribution < -0.4 is 9.47 Å². The van der Waals surface area contributed by atoms with Gasteiger partial charge >= 0.3 is 5.97 Å². The number of methoxy groups -OCH3 is 3. The standard InChI is InChI=1S/C13H16O4/c1-15-11-5-4-8(6-12(11)16-2)9-7-10(9)13(14)17-3/h4-6,9-10H,7H2,1-3H3/t9-,10+/m1/s1. The van der Waals surface area contributed by atoms with Crippen LogP contribution in [0.5, 0.6) is 11.5 Å². The van der Waals surface area contributed by atoms with Crippen LogP contribution in [0.3, 0.4) is 0 Å². The molecular formula is C13H16O4. The summed E-state index contributed by atoms with van der Waals surface area (Å²) in [5.41, 5.74) is 1.10. The molecule has 0 radical (unpaired) electrons. The van der Waals surface area contributed by atoms with Gasteiger partial charge in [0.15, 0.2) is 11.5 Å². The second kappa shape index (κ2) is 4.65. The molecule has 0 spiro atoms. The number of carbonyl (C=O) groups is 1. The van der Waals surface area contributed by atoms with Crippen molar-refractivity contribution in [3.8, 4) is 11.5 Å². The zero-order valence-corrected chi connectivity index (χ0v) is 10.2. The second-order valence-corrected chi connectivity index (χ2v) is 4.09. The highest BCUT2D eigenvalue weighted by Crippen LogP contribution is 2.49. The van der Waals surface area contributed by atoms with Crippen LogP contribution in [0, 0.1) is 5.92 Å². The van der Waals surface area contributed by atoms with Crippen molar-refractivity contribution < 1.29 is 19.0 Å². The zero-order valence-electron chi connectivity index (χ0n) is 10.2. The van der Waals surface area contributed by atoms with E-state index in [1.165, 1.54) is 7.11 Å². The zero-order chi connectivity index (χ0) is 12.4. The third kappa shape index (κ3) is 2.20. The Balaban J connectivity index is 2.16. The number of hydrogen-bond acceptors (Lipinski definition) is 4. The van der Waals surface area contributed by atoms with Crippen molar-refractivity contribution in [2.45, 2.75) is 12.3 Å². The van der Waals surface area contributed by atoms with Crippen LogP contribution in [0.2, 0.25) is 0 Å². The first-order valence-electron chi connectivity index (χ1n) is 5.51. The molecular weight excluding hydrogens is 220 g/mol. The van der Waals surface area contributed by atoms with Crippen molar-refractivity contribution in [2.24, 2.45) is 5.92 Å². The van der Waals surface area contributed by atoms with Gasteiger partial charge in [0.1, 0.15) is 0 Å². The van der Waals surface area contributed by atoms with E-state index in [2.05, 4.69) is 0 Å². The largest absolute Gasteiger partial charge is 0.493 e. The Morgan fingerprint density at radius 3 is 2.47 bits per heavy atom. The normalized spacial score (nSPS) is 21.8. The quantitative estimate of drug-likeness (QED) is 0.750. The predicted molar refractivity (Wildman–Crippen MR) is 62.4 cm³/mol. The summed E-state index contributed by atoms with van der Waals surface area (Å²) in [5, 5.41) is 0. The predicted octanol–water partition coefficient (Wildman–Crippen LogP) is 1.98. The molecule has 92 valence electrons. The molecule has 17 heavy (non-hydrogen) atoms. The molecule has 0 saturated heterocycles. The molecule has 0 amide bonds. The van der Waals surface area contributed by atoms with Gasteiger partial charge in [0.2, 0.25) is 0 Å². The third-order valence-electron chi connectivity index (χ3n) is 3.13. The molecule has 2 atom stereocenters. The van der Waals surface area contributed by atoms with Crippen molar-refractivity contribution in [1.82, 2.24) is 0 Å². The molecule has 1 aliphatic carbocycles. The molecule has 4 nitrogen and oxygen atoms in total. The van der Waals surface area contributed by atoms with E-state index in [4.69, 9.17) is 14.2 Å². The minimum atomic E-state index is -0.134. The topological polar surface area (TPSA) is 44.8 Å². The first-order valence-corrected chi connectivity index (χ1v) is 5.51. The smallest absolute Gasteiger partial charge is 0.309 e. The van der Waals surface area contributed by atoms with Gasteiger partial charge < -0.3 is 14.2 Å². The van der Waals surface area contributed by atoms with Crippen molar-refractivity contribution in [3.05, 3.63) is 23.8 Å². The van der Waals surface area contributed by atoms with Crippen LogP contribution in [0.15, 0.2) is 18.2 Å². The van der Waals surface area contributed by atoms with Crippen LogP contribution >= 0.6 is 0 Å². The van der Waals surface area contributed by atoms with Gasteiger partial charge in [0.25, 0.3) is 0 Å². The minimum Gasteiger partial charge on any atom is -0.493 e. The van der Waals surface area contributed by atoms with Gasteiger partial charge in [-0.3, -0.25) is 4.79 Å². The van der Waals surface area contributed by atoms with Crippen molar-refractivity contribution in [1.29, 1.82) is 0 Å². The van der Waals surface area contributed by atoms with E-state index in [1.807, 2.05) is 18.2 Å². The van der Waals surface area contributed by atoms with Gasteiger partial charge in [-0.2, -0.15) is 0 Å². The number of rotatable bonds is 4. The third-order valence-corrected chi connectivity index (χ3v) is 3.13. The minimum absolute atomic E-state index is 0.00176. The summed E-state index contributed by atoms with van der Waals surface area (Å²) in [5.74, 6) is 1.51. The first-order chi connectivity index (χ1) is 8.21. The monoisotopic (exact) mass is 236 g/mol. The summed E-state index contributed by atoms with van der Waals surface area (Å²) in [6, 6.07) is 5.75. The van der Waals surface area contributed by atoms with E-state index in [-0.39, 0.29) is 17.8 Å². The molecule has 1 aromatic rings.